The van der Waals surface area contributed by atoms with E-state index < -0.39 is 0 Å². The van der Waals surface area contributed by atoms with Gasteiger partial charge in [0.25, 0.3) is 0 Å². The van der Waals surface area contributed by atoms with Crippen molar-refractivity contribution in [1.29, 1.82) is 0 Å². The van der Waals surface area contributed by atoms with Crippen LogP contribution in [0.5, 0.6) is 5.75 Å². The van der Waals surface area contributed by atoms with E-state index in [1.165, 1.54) is 35.9 Å². The molecule has 1 saturated carbocycles. The molecule has 1 aromatic carbocycles. The molecule has 134 valence electrons. The molecular weight excluding hydrogens is 356 g/mol. The number of carbonyl (C=O) groups is 1. The molecule has 6 nitrogen and oxygen atoms in total. The lowest BCUT2D eigenvalue weighted by atomic mass is 10.2. The average Bonchev–Trinajstić information content (AvgIpc) is 3.38. The molecule has 1 amide bonds. The van der Waals surface area contributed by atoms with Crippen LogP contribution in [0, 0.1) is 5.92 Å². The molecule has 8 heteroatoms. The van der Waals surface area contributed by atoms with Crippen molar-refractivity contribution < 1.29 is 9.53 Å². The summed E-state index contributed by atoms with van der Waals surface area (Å²) in [5.41, 5.74) is 1.14. The van der Waals surface area contributed by atoms with E-state index in [1.54, 1.807) is 7.11 Å². The monoisotopic (exact) mass is 378 g/mol. The van der Waals surface area contributed by atoms with Gasteiger partial charge in [0.05, 0.1) is 12.9 Å². The third kappa shape index (κ3) is 5.61. The highest BCUT2D eigenvalue weighted by Crippen LogP contribution is 2.32. The standard InChI is InChI=1S/C17H22N4O2S2/c1-11(13-5-6-13)19-15(22)10-24-17-21-20-16(25-17)18-9-12-3-7-14(23-2)8-4-12/h3-4,7-8,11,13H,5-6,9-10H2,1-2H3,(H,18,20)(H,19,22). The molecule has 2 aromatic rings. The maximum absolute atomic E-state index is 11.9. The van der Waals surface area contributed by atoms with Crippen LogP contribution in [-0.2, 0) is 11.3 Å². The number of hydrogen-bond acceptors (Lipinski definition) is 7. The summed E-state index contributed by atoms with van der Waals surface area (Å²) in [5.74, 6) is 1.95. The van der Waals surface area contributed by atoms with Gasteiger partial charge in [0.2, 0.25) is 11.0 Å². The van der Waals surface area contributed by atoms with E-state index >= 15 is 0 Å². The van der Waals surface area contributed by atoms with Crippen LogP contribution in [0.3, 0.4) is 0 Å². The third-order valence-corrected chi connectivity index (χ3v) is 6.07. The molecular formula is C17H22N4O2S2. The number of thioether (sulfide) groups is 1. The zero-order valence-electron chi connectivity index (χ0n) is 14.3. The van der Waals surface area contributed by atoms with Crippen molar-refractivity contribution in [1.82, 2.24) is 15.5 Å². The van der Waals surface area contributed by atoms with Crippen LogP contribution < -0.4 is 15.4 Å². The summed E-state index contributed by atoms with van der Waals surface area (Å²) in [6, 6.07) is 8.16. The lowest BCUT2D eigenvalue weighted by Crippen LogP contribution is -2.35. The van der Waals surface area contributed by atoms with E-state index in [-0.39, 0.29) is 11.9 Å². The number of amides is 1. The minimum absolute atomic E-state index is 0.0624. The van der Waals surface area contributed by atoms with Crippen LogP contribution in [0.25, 0.3) is 0 Å². The topological polar surface area (TPSA) is 76.1 Å². The van der Waals surface area contributed by atoms with Gasteiger partial charge in [-0.1, -0.05) is 35.2 Å². The summed E-state index contributed by atoms with van der Waals surface area (Å²) in [6.45, 7) is 2.75. The first kappa shape index (κ1) is 18.0. The zero-order valence-corrected chi connectivity index (χ0v) is 16.0. The Hall–Kier alpha value is -1.80. The molecule has 0 saturated heterocycles. The van der Waals surface area contributed by atoms with Crippen LogP contribution in [0.15, 0.2) is 28.6 Å². The Labute approximate surface area is 155 Å². The normalized spacial score (nSPS) is 14.8. The number of benzene rings is 1. The molecule has 1 aliphatic carbocycles. The fourth-order valence-electron chi connectivity index (χ4n) is 2.40. The number of rotatable bonds is 9. The Kier molecular flexibility index (Phi) is 6.14. The maximum atomic E-state index is 11.9. The molecule has 25 heavy (non-hydrogen) atoms. The Bertz CT molecular complexity index is 701. The number of methoxy groups -OCH3 is 1. The first-order valence-electron chi connectivity index (χ1n) is 8.26. The van der Waals surface area contributed by atoms with Crippen molar-refractivity contribution in [2.45, 2.75) is 36.7 Å². The van der Waals surface area contributed by atoms with Crippen LogP contribution in [-0.4, -0.2) is 35.0 Å². The summed E-state index contributed by atoms with van der Waals surface area (Å²) in [7, 11) is 1.65. The van der Waals surface area contributed by atoms with E-state index in [4.69, 9.17) is 4.74 Å². The second kappa shape index (κ2) is 8.53. The highest BCUT2D eigenvalue weighted by atomic mass is 32.2. The number of hydrogen-bond donors (Lipinski definition) is 2. The van der Waals surface area contributed by atoms with E-state index in [0.29, 0.717) is 18.2 Å². The molecule has 1 unspecified atom stereocenters. The number of nitrogens with zero attached hydrogens (tertiary/aromatic N) is 2. The lowest BCUT2D eigenvalue weighted by Gasteiger charge is -2.11. The van der Waals surface area contributed by atoms with Crippen LogP contribution in [0.4, 0.5) is 5.13 Å². The molecule has 1 aliphatic rings. The van der Waals surface area contributed by atoms with Gasteiger partial charge in [0.1, 0.15) is 5.75 Å². The molecule has 0 bridgehead atoms. The quantitative estimate of drug-likeness (QED) is 0.653. The maximum Gasteiger partial charge on any atom is 0.230 e. The first-order chi connectivity index (χ1) is 12.1. The Morgan fingerprint density at radius 3 is 2.80 bits per heavy atom. The van der Waals surface area contributed by atoms with Crippen LogP contribution >= 0.6 is 23.1 Å². The fraction of sp³-hybridized carbons (Fsp3) is 0.471. The molecule has 1 fully saturated rings. The van der Waals surface area contributed by atoms with Crippen molar-refractivity contribution in [3.63, 3.8) is 0 Å². The summed E-state index contributed by atoms with van der Waals surface area (Å²) >= 11 is 2.89. The Morgan fingerprint density at radius 2 is 2.12 bits per heavy atom. The Balaban J connectivity index is 1.41. The third-order valence-electron chi connectivity index (χ3n) is 4.05. The highest BCUT2D eigenvalue weighted by molar-refractivity contribution is 8.01. The first-order valence-corrected chi connectivity index (χ1v) is 10.1. The smallest absolute Gasteiger partial charge is 0.230 e. The number of nitrogens with one attached hydrogen (secondary N) is 2. The SMILES string of the molecule is COc1ccc(CNc2nnc(SCC(=O)NC(C)C3CC3)s2)cc1. The van der Waals surface area contributed by atoms with Gasteiger partial charge in [-0.2, -0.15) is 0 Å². The minimum atomic E-state index is 0.0624. The predicted molar refractivity (Wildman–Crippen MR) is 101 cm³/mol. The van der Waals surface area contributed by atoms with Gasteiger partial charge in [0.15, 0.2) is 4.34 Å². The van der Waals surface area contributed by atoms with Crippen LogP contribution in [0.1, 0.15) is 25.3 Å². The van der Waals surface area contributed by atoms with Gasteiger partial charge in [-0.3, -0.25) is 4.79 Å². The van der Waals surface area contributed by atoms with Crippen molar-refractivity contribution in [3.8, 4) is 5.75 Å². The summed E-state index contributed by atoms with van der Waals surface area (Å²) < 4.78 is 5.94. The largest absolute Gasteiger partial charge is 0.497 e. The predicted octanol–water partition coefficient (Wildman–Crippen LogP) is 3.17. The zero-order chi connectivity index (χ0) is 17.6. The molecule has 3 rings (SSSR count). The van der Waals surface area contributed by atoms with Crippen LogP contribution in [0.2, 0.25) is 0 Å². The van der Waals surface area contributed by atoms with E-state index in [2.05, 4.69) is 27.8 Å². The summed E-state index contributed by atoms with van der Waals surface area (Å²) in [6.07, 6.45) is 2.46. The average molecular weight is 379 g/mol. The molecule has 2 N–H and O–H groups in total. The molecule has 0 radical (unpaired) electrons. The summed E-state index contributed by atoms with van der Waals surface area (Å²) in [5, 5.41) is 15.3. The highest BCUT2D eigenvalue weighted by Gasteiger charge is 2.28. The van der Waals surface area contributed by atoms with Gasteiger partial charge in [-0.05, 0) is 43.4 Å². The van der Waals surface area contributed by atoms with Gasteiger partial charge in [0, 0.05) is 12.6 Å². The lowest BCUT2D eigenvalue weighted by molar-refractivity contribution is -0.119. The van der Waals surface area contributed by atoms with Gasteiger partial charge >= 0.3 is 0 Å². The van der Waals surface area contributed by atoms with E-state index in [0.717, 1.165) is 20.8 Å². The second-order valence-corrected chi connectivity index (χ2v) is 8.26. The van der Waals surface area contributed by atoms with Crippen molar-refractivity contribution >= 4 is 34.1 Å². The van der Waals surface area contributed by atoms with E-state index in [1.807, 2.05) is 24.3 Å². The molecule has 1 atom stereocenters. The number of ether oxygens (including phenoxy) is 1. The van der Waals surface area contributed by atoms with Gasteiger partial charge in [-0.25, -0.2) is 0 Å². The Morgan fingerprint density at radius 1 is 1.36 bits per heavy atom. The second-order valence-electron chi connectivity index (χ2n) is 6.06. The molecule has 1 heterocycles. The van der Waals surface area contributed by atoms with Crippen molar-refractivity contribution in [2.24, 2.45) is 5.92 Å². The number of carbonyl (C=O) groups excluding carboxylic acids is 1. The summed E-state index contributed by atoms with van der Waals surface area (Å²) in [4.78, 5) is 11.9. The van der Waals surface area contributed by atoms with E-state index in [9.17, 15) is 4.79 Å². The fourth-order valence-corrected chi connectivity index (χ4v) is 3.96. The van der Waals surface area contributed by atoms with Crippen molar-refractivity contribution in [2.75, 3.05) is 18.2 Å². The number of aromatic nitrogens is 2. The van der Waals surface area contributed by atoms with Gasteiger partial charge < -0.3 is 15.4 Å². The number of anilines is 1. The minimum Gasteiger partial charge on any atom is -0.497 e. The van der Waals surface area contributed by atoms with Crippen molar-refractivity contribution in [3.05, 3.63) is 29.8 Å². The molecule has 0 aliphatic heterocycles. The van der Waals surface area contributed by atoms with Gasteiger partial charge in [-0.15, -0.1) is 10.2 Å². The molecule has 0 spiro atoms. The molecule has 1 aromatic heterocycles.